The SMILES string of the molecule is COCC1CN(c2ccc(C#N)c(C(F)(F)F)c2)CCN1C(=O)c1cncc(C)c1. The third kappa shape index (κ3) is 4.54. The van der Waals surface area contributed by atoms with E-state index < -0.39 is 17.3 Å². The molecule has 6 nitrogen and oxygen atoms in total. The van der Waals surface area contributed by atoms with Gasteiger partial charge in [-0.3, -0.25) is 9.78 Å². The summed E-state index contributed by atoms with van der Waals surface area (Å²) in [5, 5.41) is 8.99. The number of aryl methyl sites for hydroxylation is 1. The van der Waals surface area contributed by atoms with Crippen LogP contribution >= 0.6 is 0 Å². The Morgan fingerprint density at radius 1 is 1.30 bits per heavy atom. The number of pyridine rings is 1. The molecule has 1 aromatic heterocycles. The molecule has 9 heteroatoms. The summed E-state index contributed by atoms with van der Waals surface area (Å²) in [6, 6.07) is 6.66. The van der Waals surface area contributed by atoms with Crippen molar-refractivity contribution in [3.63, 3.8) is 0 Å². The molecule has 2 aromatic rings. The molecule has 1 atom stereocenters. The van der Waals surface area contributed by atoms with Crippen LogP contribution in [0.15, 0.2) is 36.7 Å². The van der Waals surface area contributed by atoms with Gasteiger partial charge in [0.25, 0.3) is 5.91 Å². The molecule has 0 N–H and O–H groups in total. The molecule has 1 fully saturated rings. The minimum Gasteiger partial charge on any atom is -0.382 e. The van der Waals surface area contributed by atoms with E-state index in [1.165, 1.54) is 25.4 Å². The molecule has 3 rings (SSSR count). The topological polar surface area (TPSA) is 69.5 Å². The maximum absolute atomic E-state index is 13.3. The number of carbonyl (C=O) groups excluding carboxylic acids is 1. The first-order chi connectivity index (χ1) is 14.2. The summed E-state index contributed by atoms with van der Waals surface area (Å²) in [5.74, 6) is -0.191. The van der Waals surface area contributed by atoms with Crippen LogP contribution in [0, 0.1) is 18.3 Å². The molecule has 1 aliphatic heterocycles. The fraction of sp³-hybridized carbons (Fsp3) is 0.381. The summed E-state index contributed by atoms with van der Waals surface area (Å²) in [5.41, 5.74) is 0.296. The van der Waals surface area contributed by atoms with Crippen molar-refractivity contribution in [1.82, 2.24) is 9.88 Å². The van der Waals surface area contributed by atoms with E-state index in [4.69, 9.17) is 10.00 Å². The van der Waals surface area contributed by atoms with E-state index in [1.807, 2.05) is 6.92 Å². The average molecular weight is 418 g/mol. The maximum atomic E-state index is 13.3. The van der Waals surface area contributed by atoms with Crippen LogP contribution in [-0.2, 0) is 10.9 Å². The van der Waals surface area contributed by atoms with Gasteiger partial charge in [0.2, 0.25) is 0 Å². The number of carbonyl (C=O) groups is 1. The van der Waals surface area contributed by atoms with Gasteiger partial charge in [0.15, 0.2) is 0 Å². The van der Waals surface area contributed by atoms with Crippen LogP contribution in [0.1, 0.15) is 27.0 Å². The Bertz CT molecular complexity index is 971. The summed E-state index contributed by atoms with van der Waals surface area (Å²) in [6.07, 6.45) is -1.46. The number of benzene rings is 1. The lowest BCUT2D eigenvalue weighted by molar-refractivity contribution is -0.137. The predicted molar refractivity (Wildman–Crippen MR) is 104 cm³/mol. The number of amides is 1. The van der Waals surface area contributed by atoms with Crippen molar-refractivity contribution >= 4 is 11.6 Å². The number of rotatable bonds is 4. The summed E-state index contributed by atoms with van der Waals surface area (Å²) in [7, 11) is 1.51. The lowest BCUT2D eigenvalue weighted by Crippen LogP contribution is -2.57. The van der Waals surface area contributed by atoms with Crippen molar-refractivity contribution in [2.45, 2.75) is 19.1 Å². The smallest absolute Gasteiger partial charge is 0.382 e. The van der Waals surface area contributed by atoms with Crippen LogP contribution in [0.3, 0.4) is 0 Å². The number of alkyl halides is 3. The highest BCUT2D eigenvalue weighted by atomic mass is 19.4. The second-order valence-corrected chi connectivity index (χ2v) is 7.14. The molecule has 0 bridgehead atoms. The van der Waals surface area contributed by atoms with E-state index in [1.54, 1.807) is 28.1 Å². The second kappa shape index (κ2) is 8.71. The molecule has 1 aromatic carbocycles. The monoisotopic (exact) mass is 418 g/mol. The van der Waals surface area contributed by atoms with Gasteiger partial charge in [0.1, 0.15) is 0 Å². The van der Waals surface area contributed by atoms with Gasteiger partial charge in [-0.05, 0) is 36.8 Å². The molecule has 2 heterocycles. The highest BCUT2D eigenvalue weighted by Crippen LogP contribution is 2.35. The number of hydrogen-bond donors (Lipinski definition) is 0. The first-order valence-electron chi connectivity index (χ1n) is 9.32. The number of anilines is 1. The van der Waals surface area contributed by atoms with Crippen molar-refractivity contribution in [3.8, 4) is 6.07 Å². The second-order valence-electron chi connectivity index (χ2n) is 7.14. The summed E-state index contributed by atoms with van der Waals surface area (Å²) in [6.45, 7) is 3.07. The normalized spacial score (nSPS) is 17.0. The standard InChI is InChI=1S/C21H21F3N4O2/c1-14-7-16(11-26-10-14)20(29)28-6-5-27(12-18(28)13-30-2)17-4-3-15(9-25)19(8-17)21(22,23)24/h3-4,7-8,10-11,18H,5-6,12-13H2,1-2H3. The molecule has 0 saturated carbocycles. The number of nitrogens with zero attached hydrogens (tertiary/aromatic N) is 4. The van der Waals surface area contributed by atoms with E-state index >= 15 is 0 Å². The van der Waals surface area contributed by atoms with Crippen molar-refractivity contribution in [2.24, 2.45) is 0 Å². The number of aromatic nitrogens is 1. The zero-order valence-corrected chi connectivity index (χ0v) is 16.6. The van der Waals surface area contributed by atoms with Gasteiger partial charge in [-0.25, -0.2) is 0 Å². The number of ether oxygens (including phenoxy) is 1. The highest BCUT2D eigenvalue weighted by Gasteiger charge is 2.36. The third-order valence-corrected chi connectivity index (χ3v) is 5.02. The lowest BCUT2D eigenvalue weighted by atomic mass is 10.0. The van der Waals surface area contributed by atoms with Gasteiger partial charge in [-0.2, -0.15) is 18.4 Å². The minimum absolute atomic E-state index is 0.191. The van der Waals surface area contributed by atoms with Gasteiger partial charge in [0.05, 0.1) is 35.4 Å². The lowest BCUT2D eigenvalue weighted by Gasteiger charge is -2.42. The van der Waals surface area contributed by atoms with Gasteiger partial charge in [0, 0.05) is 44.8 Å². The first kappa shape index (κ1) is 21.6. The molecular weight excluding hydrogens is 397 g/mol. The van der Waals surface area contributed by atoms with Crippen LogP contribution in [0.25, 0.3) is 0 Å². The fourth-order valence-electron chi connectivity index (χ4n) is 3.59. The molecule has 158 valence electrons. The number of piperazine rings is 1. The van der Waals surface area contributed by atoms with E-state index in [9.17, 15) is 18.0 Å². The highest BCUT2D eigenvalue weighted by molar-refractivity contribution is 5.94. The molecule has 1 amide bonds. The number of halogens is 3. The Labute approximate surface area is 172 Å². The minimum atomic E-state index is -4.62. The Morgan fingerprint density at radius 3 is 2.70 bits per heavy atom. The molecule has 0 spiro atoms. The number of hydrogen-bond acceptors (Lipinski definition) is 5. The molecule has 1 saturated heterocycles. The third-order valence-electron chi connectivity index (χ3n) is 5.02. The van der Waals surface area contributed by atoms with Crippen LogP contribution in [0.2, 0.25) is 0 Å². The van der Waals surface area contributed by atoms with Crippen LogP contribution in [0.5, 0.6) is 0 Å². The molecule has 0 aliphatic carbocycles. The zero-order valence-electron chi connectivity index (χ0n) is 16.6. The zero-order chi connectivity index (χ0) is 21.9. The maximum Gasteiger partial charge on any atom is 0.417 e. The first-order valence-corrected chi connectivity index (χ1v) is 9.32. The van der Waals surface area contributed by atoms with Crippen molar-refractivity contribution in [2.75, 3.05) is 38.3 Å². The Hall–Kier alpha value is -3.12. The van der Waals surface area contributed by atoms with E-state index in [0.717, 1.165) is 11.6 Å². The predicted octanol–water partition coefficient (Wildman–Crippen LogP) is 3.26. The Morgan fingerprint density at radius 2 is 2.07 bits per heavy atom. The molecule has 1 unspecified atom stereocenters. The van der Waals surface area contributed by atoms with Gasteiger partial charge in [-0.15, -0.1) is 0 Å². The summed E-state index contributed by atoms with van der Waals surface area (Å²) < 4.78 is 45.2. The Kier molecular flexibility index (Phi) is 6.27. The molecule has 0 radical (unpaired) electrons. The Balaban J connectivity index is 1.85. The quantitative estimate of drug-likeness (QED) is 0.763. The van der Waals surface area contributed by atoms with E-state index in [0.29, 0.717) is 30.9 Å². The van der Waals surface area contributed by atoms with Crippen molar-refractivity contribution in [3.05, 3.63) is 58.9 Å². The van der Waals surface area contributed by atoms with Gasteiger partial charge in [-0.1, -0.05) is 0 Å². The van der Waals surface area contributed by atoms with Gasteiger partial charge >= 0.3 is 6.18 Å². The van der Waals surface area contributed by atoms with Crippen molar-refractivity contribution in [1.29, 1.82) is 5.26 Å². The number of methoxy groups -OCH3 is 1. The van der Waals surface area contributed by atoms with Crippen LogP contribution in [0.4, 0.5) is 18.9 Å². The van der Waals surface area contributed by atoms with Crippen LogP contribution < -0.4 is 4.90 Å². The largest absolute Gasteiger partial charge is 0.417 e. The number of nitriles is 1. The summed E-state index contributed by atoms with van der Waals surface area (Å²) in [4.78, 5) is 20.5. The average Bonchev–Trinajstić information content (AvgIpc) is 2.72. The molecule has 1 aliphatic rings. The van der Waals surface area contributed by atoms with Crippen molar-refractivity contribution < 1.29 is 22.7 Å². The molecular formula is C21H21F3N4O2. The fourth-order valence-corrected chi connectivity index (χ4v) is 3.59. The van der Waals surface area contributed by atoms with E-state index in [2.05, 4.69) is 4.98 Å². The van der Waals surface area contributed by atoms with Crippen LogP contribution in [-0.4, -0.2) is 55.2 Å². The van der Waals surface area contributed by atoms with E-state index in [-0.39, 0.29) is 18.6 Å². The molecule has 30 heavy (non-hydrogen) atoms. The van der Waals surface area contributed by atoms with Gasteiger partial charge < -0.3 is 14.5 Å². The summed E-state index contributed by atoms with van der Waals surface area (Å²) >= 11 is 0.